The number of nitrogens with two attached hydrogens (primary N) is 1. The van der Waals surface area contributed by atoms with Gasteiger partial charge in [0.1, 0.15) is 0 Å². The number of nitrogens with zero attached hydrogens (tertiary/aromatic N) is 2. The number of benzene rings is 2. The van der Waals surface area contributed by atoms with Crippen molar-refractivity contribution in [2.75, 3.05) is 16.9 Å². The number of aryl methyl sites for hydroxylation is 2. The maximum absolute atomic E-state index is 13.0. The Hall–Kier alpha value is -3.74. The van der Waals surface area contributed by atoms with Gasteiger partial charge in [-0.3, -0.25) is 14.8 Å². The third kappa shape index (κ3) is 5.56. The van der Waals surface area contributed by atoms with Crippen LogP contribution in [0.2, 0.25) is 0 Å². The largest absolute Gasteiger partial charge is 0.329 e. The summed E-state index contributed by atoms with van der Waals surface area (Å²) in [4.78, 5) is 17.2. The summed E-state index contributed by atoms with van der Waals surface area (Å²) in [5, 5.41) is 5.22. The summed E-state index contributed by atoms with van der Waals surface area (Å²) >= 11 is 0. The molecule has 0 bridgehead atoms. The lowest BCUT2D eigenvalue weighted by molar-refractivity contribution is 0.102. The third-order valence-electron chi connectivity index (χ3n) is 6.49. The molecule has 6 heteroatoms. The predicted octanol–water partition coefficient (Wildman–Crippen LogP) is 5.71. The van der Waals surface area contributed by atoms with E-state index in [0.717, 1.165) is 41.0 Å². The van der Waals surface area contributed by atoms with Gasteiger partial charge in [0.05, 0.1) is 16.9 Å². The minimum Gasteiger partial charge on any atom is -0.329 e. The van der Waals surface area contributed by atoms with Crippen LogP contribution in [0.4, 0.5) is 11.4 Å². The van der Waals surface area contributed by atoms with Crippen molar-refractivity contribution in [3.05, 3.63) is 100 Å². The van der Waals surface area contributed by atoms with Crippen LogP contribution in [0, 0.1) is 6.92 Å². The lowest BCUT2D eigenvalue weighted by atomic mass is 9.89. The molecule has 1 atom stereocenters. The van der Waals surface area contributed by atoms with Crippen LogP contribution in [-0.2, 0) is 6.42 Å². The first-order chi connectivity index (χ1) is 17.4. The van der Waals surface area contributed by atoms with Crippen LogP contribution in [0.1, 0.15) is 59.9 Å². The minimum absolute atomic E-state index is 0.0716. The molecule has 36 heavy (non-hydrogen) atoms. The van der Waals surface area contributed by atoms with Crippen molar-refractivity contribution in [1.82, 2.24) is 10.4 Å². The predicted molar refractivity (Wildman–Crippen MR) is 150 cm³/mol. The number of carbonyl (C=O) groups is 1. The number of nitrogens with one attached hydrogen (secondary N) is 2. The molecule has 2 aromatic carbocycles. The molecule has 4 rings (SSSR count). The minimum atomic E-state index is -0.162. The Bertz CT molecular complexity index is 1290. The first kappa shape index (κ1) is 25.4. The normalized spacial score (nSPS) is 14.0. The lowest BCUT2D eigenvalue weighted by Crippen LogP contribution is -2.46. The van der Waals surface area contributed by atoms with E-state index in [1.807, 2.05) is 26.0 Å². The second-order valence-corrected chi connectivity index (χ2v) is 9.28. The van der Waals surface area contributed by atoms with Crippen molar-refractivity contribution >= 4 is 29.1 Å². The van der Waals surface area contributed by atoms with E-state index in [4.69, 9.17) is 5.73 Å². The van der Waals surface area contributed by atoms with Crippen LogP contribution in [0.3, 0.4) is 0 Å². The van der Waals surface area contributed by atoms with Gasteiger partial charge >= 0.3 is 0 Å². The molecule has 186 valence electrons. The van der Waals surface area contributed by atoms with Gasteiger partial charge in [-0.1, -0.05) is 30.4 Å². The zero-order valence-electron chi connectivity index (χ0n) is 21.5. The Morgan fingerprint density at radius 2 is 1.92 bits per heavy atom. The Balaban J connectivity index is 1.73. The van der Waals surface area contributed by atoms with E-state index in [-0.39, 0.29) is 11.9 Å². The van der Waals surface area contributed by atoms with E-state index < -0.39 is 0 Å². The summed E-state index contributed by atoms with van der Waals surface area (Å²) in [6, 6.07) is 18.3. The van der Waals surface area contributed by atoms with E-state index in [2.05, 4.69) is 77.1 Å². The maximum atomic E-state index is 13.0. The van der Waals surface area contributed by atoms with Gasteiger partial charge in [0.15, 0.2) is 0 Å². The highest BCUT2D eigenvalue weighted by Gasteiger charge is 2.25. The van der Waals surface area contributed by atoms with E-state index in [9.17, 15) is 4.79 Å². The number of amides is 1. The summed E-state index contributed by atoms with van der Waals surface area (Å²) in [5.41, 5.74) is 18.6. The fourth-order valence-electron chi connectivity index (χ4n) is 4.47. The SMILES string of the molecule is C/C=C/c1ccc(N(NC(C)CN)C2=C(C)CCc3ccc(NC(=O)c4cccnc4C)cc32)cc1. The molecular weight excluding hydrogens is 446 g/mol. The highest BCUT2D eigenvalue weighted by molar-refractivity contribution is 6.05. The number of fused-ring (bicyclic) bond motifs is 1. The van der Waals surface area contributed by atoms with E-state index in [1.165, 1.54) is 11.1 Å². The number of hydrogen-bond donors (Lipinski definition) is 3. The quantitative estimate of drug-likeness (QED) is 0.359. The van der Waals surface area contributed by atoms with Crippen molar-refractivity contribution in [3.63, 3.8) is 0 Å². The van der Waals surface area contributed by atoms with Crippen LogP contribution in [0.5, 0.6) is 0 Å². The maximum Gasteiger partial charge on any atom is 0.257 e. The molecule has 1 aliphatic carbocycles. The molecule has 1 aromatic heterocycles. The highest BCUT2D eigenvalue weighted by atomic mass is 16.1. The number of hydrazine groups is 1. The van der Waals surface area contributed by atoms with Crippen molar-refractivity contribution in [3.8, 4) is 0 Å². The topological polar surface area (TPSA) is 83.3 Å². The van der Waals surface area contributed by atoms with Gasteiger partial charge in [-0.05, 0) is 93.6 Å². The van der Waals surface area contributed by atoms with E-state index in [1.54, 1.807) is 18.3 Å². The zero-order chi connectivity index (χ0) is 25.7. The lowest BCUT2D eigenvalue weighted by Gasteiger charge is -2.35. The van der Waals surface area contributed by atoms with E-state index >= 15 is 0 Å². The van der Waals surface area contributed by atoms with Gasteiger partial charge in [-0.15, -0.1) is 0 Å². The van der Waals surface area contributed by atoms with Gasteiger partial charge in [0.25, 0.3) is 5.91 Å². The van der Waals surface area contributed by atoms with Crippen LogP contribution >= 0.6 is 0 Å². The standard InChI is InChI=1S/C30H35N5O/c1-5-7-23-10-15-26(16-11-23)35(34-21(3)19-31)29-20(2)9-12-24-13-14-25(18-28(24)29)33-30(36)27-8-6-17-32-22(27)4/h5-8,10-11,13-18,21,34H,9,12,19,31H2,1-4H3,(H,33,36)/b7-5+. The number of anilines is 2. The van der Waals surface area contributed by atoms with Gasteiger partial charge in [0, 0.05) is 35.7 Å². The summed E-state index contributed by atoms with van der Waals surface area (Å²) in [6.45, 7) is 8.62. The van der Waals surface area contributed by atoms with Crippen LogP contribution < -0.4 is 21.5 Å². The molecule has 1 heterocycles. The number of carbonyl (C=O) groups excluding carboxylic acids is 1. The number of pyridine rings is 1. The van der Waals surface area contributed by atoms with Crippen molar-refractivity contribution in [2.45, 2.75) is 46.6 Å². The molecule has 4 N–H and O–H groups in total. The monoisotopic (exact) mass is 481 g/mol. The number of hydrogen-bond acceptors (Lipinski definition) is 5. The number of aromatic nitrogens is 1. The molecule has 1 amide bonds. The second-order valence-electron chi connectivity index (χ2n) is 9.28. The molecule has 6 nitrogen and oxygen atoms in total. The average molecular weight is 482 g/mol. The summed E-state index contributed by atoms with van der Waals surface area (Å²) in [5.74, 6) is -0.162. The molecule has 0 saturated heterocycles. The molecule has 1 aliphatic rings. The zero-order valence-corrected chi connectivity index (χ0v) is 21.5. The second kappa shape index (κ2) is 11.3. The Kier molecular flexibility index (Phi) is 7.98. The van der Waals surface area contributed by atoms with Crippen LogP contribution in [0.15, 0.2) is 72.4 Å². The average Bonchev–Trinajstić information content (AvgIpc) is 2.88. The molecule has 0 radical (unpaired) electrons. The molecule has 0 spiro atoms. The molecule has 1 unspecified atom stereocenters. The summed E-state index contributed by atoms with van der Waals surface area (Å²) in [7, 11) is 0. The van der Waals surface area contributed by atoms with Gasteiger partial charge < -0.3 is 11.1 Å². The van der Waals surface area contributed by atoms with Gasteiger partial charge in [0.2, 0.25) is 0 Å². The fourth-order valence-corrected chi connectivity index (χ4v) is 4.47. The molecular formula is C30H35N5O. The number of allylic oxidation sites excluding steroid dienone is 2. The van der Waals surface area contributed by atoms with E-state index in [0.29, 0.717) is 17.8 Å². The Morgan fingerprint density at radius 3 is 2.61 bits per heavy atom. The highest BCUT2D eigenvalue weighted by Crippen LogP contribution is 2.37. The molecule has 0 aliphatic heterocycles. The van der Waals surface area contributed by atoms with Gasteiger partial charge in [-0.25, -0.2) is 5.43 Å². The third-order valence-corrected chi connectivity index (χ3v) is 6.49. The fraction of sp³-hybridized carbons (Fsp3) is 0.267. The molecule has 0 fully saturated rings. The van der Waals surface area contributed by atoms with Crippen LogP contribution in [-0.4, -0.2) is 23.5 Å². The first-order valence-electron chi connectivity index (χ1n) is 12.5. The van der Waals surface area contributed by atoms with Crippen molar-refractivity contribution < 1.29 is 4.79 Å². The van der Waals surface area contributed by atoms with Crippen LogP contribution in [0.25, 0.3) is 11.8 Å². The van der Waals surface area contributed by atoms with Gasteiger partial charge in [-0.2, -0.15) is 0 Å². The van der Waals surface area contributed by atoms with Crippen molar-refractivity contribution in [2.24, 2.45) is 5.73 Å². The molecule has 0 saturated carbocycles. The summed E-state index contributed by atoms with van der Waals surface area (Å²) in [6.07, 6.45) is 7.74. The number of rotatable bonds is 8. The smallest absolute Gasteiger partial charge is 0.257 e. The first-order valence-corrected chi connectivity index (χ1v) is 12.5. The molecule has 3 aromatic rings. The Labute approximate surface area is 213 Å². The summed E-state index contributed by atoms with van der Waals surface area (Å²) < 4.78 is 0. The van der Waals surface area contributed by atoms with Crippen molar-refractivity contribution in [1.29, 1.82) is 0 Å². The Morgan fingerprint density at radius 1 is 1.14 bits per heavy atom.